The zero-order chi connectivity index (χ0) is 24.0. The maximum absolute atomic E-state index is 12.8. The number of carbonyl (C=O) groups excluding carboxylic acids is 3. The summed E-state index contributed by atoms with van der Waals surface area (Å²) in [4.78, 5) is 59.8. The molecule has 0 aliphatic heterocycles. The number of Topliss-reactive ketones (excluding diaryl/α,β-unsaturated/α-hetero) is 1. The van der Waals surface area contributed by atoms with Gasteiger partial charge in [-0.1, -0.05) is 12.1 Å². The number of carbonyl (C=O) groups is 4. The number of amides is 1. The molecule has 2 aromatic rings. The van der Waals surface area contributed by atoms with Gasteiger partial charge < -0.3 is 20.5 Å². The number of methoxy groups -OCH3 is 1. The quantitative estimate of drug-likeness (QED) is 0.186. The Morgan fingerprint density at radius 3 is 2.25 bits per heavy atom. The number of hydrogen-bond donors (Lipinski definition) is 2. The average Bonchev–Trinajstić information content (AvgIpc) is 2.77. The fourth-order valence-electron chi connectivity index (χ4n) is 2.85. The molecule has 1 atom stereocenters. The van der Waals surface area contributed by atoms with E-state index in [1.165, 1.54) is 24.3 Å². The fourth-order valence-corrected chi connectivity index (χ4v) is 2.85. The van der Waals surface area contributed by atoms with Crippen molar-refractivity contribution in [1.29, 1.82) is 5.26 Å². The molecule has 0 fully saturated rings. The molecule has 0 bridgehead atoms. The maximum atomic E-state index is 12.8. The first-order valence-electron chi connectivity index (χ1n) is 8.79. The van der Waals surface area contributed by atoms with Crippen LogP contribution in [0, 0.1) is 21.4 Å². The van der Waals surface area contributed by atoms with Crippen LogP contribution in [0.4, 0.5) is 11.4 Å². The van der Waals surface area contributed by atoms with Crippen LogP contribution in [0.15, 0.2) is 42.5 Å². The van der Waals surface area contributed by atoms with E-state index in [1.807, 2.05) is 6.07 Å². The topological polar surface area (TPSA) is 194 Å². The summed E-state index contributed by atoms with van der Waals surface area (Å²) < 4.78 is 4.56. The van der Waals surface area contributed by atoms with E-state index < -0.39 is 58.1 Å². The van der Waals surface area contributed by atoms with Crippen molar-refractivity contribution in [2.45, 2.75) is 6.04 Å². The molecule has 0 aliphatic rings. The number of rotatable bonds is 9. The van der Waals surface area contributed by atoms with Crippen LogP contribution in [0.3, 0.4) is 0 Å². The highest BCUT2D eigenvalue weighted by Crippen LogP contribution is 2.31. The second kappa shape index (κ2) is 9.81. The predicted octanol–water partition coefficient (Wildman–Crippen LogP) is 0.881. The molecule has 0 heterocycles. The van der Waals surface area contributed by atoms with Gasteiger partial charge in [0.25, 0.3) is 11.6 Å². The van der Waals surface area contributed by atoms with Crippen LogP contribution in [0.1, 0.15) is 26.3 Å². The van der Waals surface area contributed by atoms with E-state index >= 15 is 0 Å². The molecule has 0 radical (unpaired) electrons. The summed E-state index contributed by atoms with van der Waals surface area (Å²) in [5.41, 5.74) is 4.10. The van der Waals surface area contributed by atoms with Gasteiger partial charge in [0.2, 0.25) is 6.04 Å². The largest absolute Gasteiger partial charge is 0.478 e. The van der Waals surface area contributed by atoms with Crippen LogP contribution < -0.4 is 10.6 Å². The number of nitriles is 1. The number of carboxylic acids is 1. The maximum Gasteiger partial charge on any atom is 0.338 e. The molecular weight excluding hydrogens is 424 g/mol. The average molecular weight is 440 g/mol. The number of nitro groups is 1. The summed E-state index contributed by atoms with van der Waals surface area (Å²) in [5.74, 6) is -4.54. The third-order valence-corrected chi connectivity index (χ3v) is 4.38. The van der Waals surface area contributed by atoms with Gasteiger partial charge in [-0.05, 0) is 24.3 Å². The van der Waals surface area contributed by atoms with Crippen molar-refractivity contribution in [3.63, 3.8) is 0 Å². The highest BCUT2D eigenvalue weighted by molar-refractivity contribution is 6.08. The molecule has 2 aromatic carbocycles. The monoisotopic (exact) mass is 440 g/mol. The molecule has 1 amide bonds. The van der Waals surface area contributed by atoms with E-state index in [-0.39, 0.29) is 11.1 Å². The molecule has 32 heavy (non-hydrogen) atoms. The van der Waals surface area contributed by atoms with E-state index in [2.05, 4.69) is 4.74 Å². The van der Waals surface area contributed by atoms with Gasteiger partial charge in [-0.2, -0.15) is 5.26 Å². The van der Waals surface area contributed by atoms with E-state index in [4.69, 9.17) is 16.1 Å². The molecule has 0 saturated carbocycles. The highest BCUT2D eigenvalue weighted by atomic mass is 16.6. The number of ketones is 1. The molecule has 0 aliphatic carbocycles. The number of anilines is 1. The number of aromatic carboxylic acids is 1. The molecule has 164 valence electrons. The lowest BCUT2D eigenvalue weighted by molar-refractivity contribution is -0.384. The first-order valence-corrected chi connectivity index (χ1v) is 8.79. The summed E-state index contributed by atoms with van der Waals surface area (Å²) in [6.45, 7) is -0.720. The van der Waals surface area contributed by atoms with Gasteiger partial charge in [0.1, 0.15) is 5.69 Å². The molecule has 0 spiro atoms. The third-order valence-electron chi connectivity index (χ3n) is 4.38. The minimum absolute atomic E-state index is 0.0897. The predicted molar refractivity (Wildman–Crippen MR) is 108 cm³/mol. The van der Waals surface area contributed by atoms with Crippen LogP contribution >= 0.6 is 0 Å². The van der Waals surface area contributed by atoms with Gasteiger partial charge in [-0.3, -0.25) is 19.7 Å². The lowest BCUT2D eigenvalue weighted by atomic mass is 10.1. The van der Waals surface area contributed by atoms with E-state index in [1.54, 1.807) is 0 Å². The van der Waals surface area contributed by atoms with E-state index in [0.717, 1.165) is 30.2 Å². The van der Waals surface area contributed by atoms with E-state index in [0.29, 0.717) is 0 Å². The molecule has 12 heteroatoms. The number of hydrogen-bond acceptors (Lipinski definition) is 9. The zero-order valence-electron chi connectivity index (χ0n) is 16.5. The molecule has 3 N–H and O–H groups in total. The number of esters is 1. The Hall–Kier alpha value is -4.79. The first kappa shape index (κ1) is 23.5. The van der Waals surface area contributed by atoms with Crippen molar-refractivity contribution in [1.82, 2.24) is 0 Å². The van der Waals surface area contributed by atoms with Crippen molar-refractivity contribution in [2.75, 3.05) is 18.6 Å². The minimum atomic E-state index is -1.92. The lowest BCUT2D eigenvalue weighted by Crippen LogP contribution is -2.52. The second-order valence-electron chi connectivity index (χ2n) is 6.33. The van der Waals surface area contributed by atoms with Gasteiger partial charge in [0.05, 0.1) is 35.8 Å². The fraction of sp³-hybridized carbons (Fsp3) is 0.150. The van der Waals surface area contributed by atoms with Crippen LogP contribution in [0.25, 0.3) is 0 Å². The Labute approximate surface area is 180 Å². The van der Waals surface area contributed by atoms with Gasteiger partial charge in [-0.15, -0.1) is 0 Å². The van der Waals surface area contributed by atoms with Crippen molar-refractivity contribution in [3.8, 4) is 6.07 Å². The molecular formula is C20H16N4O8. The number of nitrogens with two attached hydrogens (primary N) is 1. The van der Waals surface area contributed by atoms with Gasteiger partial charge >= 0.3 is 11.9 Å². The number of ether oxygens (including phenoxy) is 1. The van der Waals surface area contributed by atoms with Crippen LogP contribution in [-0.2, 0) is 14.3 Å². The van der Waals surface area contributed by atoms with Crippen LogP contribution in [-0.4, -0.2) is 53.4 Å². The van der Waals surface area contributed by atoms with Crippen molar-refractivity contribution in [3.05, 3.63) is 69.3 Å². The zero-order valence-corrected chi connectivity index (χ0v) is 16.5. The number of primary amides is 1. The molecule has 0 saturated heterocycles. The summed E-state index contributed by atoms with van der Waals surface area (Å²) in [6.07, 6.45) is 0. The smallest absolute Gasteiger partial charge is 0.338 e. The van der Waals surface area contributed by atoms with Crippen molar-refractivity contribution >= 4 is 35.0 Å². The Bertz CT molecular complexity index is 1140. The van der Waals surface area contributed by atoms with Crippen molar-refractivity contribution in [2.24, 2.45) is 5.73 Å². The normalized spacial score (nSPS) is 11.0. The molecule has 2 rings (SSSR count). The van der Waals surface area contributed by atoms with Gasteiger partial charge in [-0.25, -0.2) is 9.59 Å². The van der Waals surface area contributed by atoms with Crippen LogP contribution in [0.5, 0.6) is 0 Å². The summed E-state index contributed by atoms with van der Waals surface area (Å²) in [7, 11) is 0.959. The molecule has 1 unspecified atom stereocenters. The second-order valence-corrected chi connectivity index (χ2v) is 6.33. The standard InChI is InChI=1S/C20H16N4O8/c1-32-20(29)17(18(22)26)23(10-16(25)12-4-2-11(9-21)3-5-12)14-7-6-13(19(27)28)8-15(14)24(30)31/h2-8,17H,10H2,1H3,(H2,22,26)(H,27,28). The molecule has 0 aromatic heterocycles. The minimum Gasteiger partial charge on any atom is -0.478 e. The lowest BCUT2D eigenvalue weighted by Gasteiger charge is -2.29. The van der Waals surface area contributed by atoms with Gasteiger partial charge in [0.15, 0.2) is 5.78 Å². The SMILES string of the molecule is COC(=O)C(C(N)=O)N(CC(=O)c1ccc(C#N)cc1)c1ccc(C(=O)O)cc1[N+](=O)[O-]. The Morgan fingerprint density at radius 1 is 1.19 bits per heavy atom. The Morgan fingerprint density at radius 2 is 1.78 bits per heavy atom. The number of benzene rings is 2. The number of nitrogens with zero attached hydrogens (tertiary/aromatic N) is 3. The number of carboxylic acid groups (broad SMARTS) is 1. The number of nitro benzene ring substituents is 1. The third kappa shape index (κ3) is 5.03. The van der Waals surface area contributed by atoms with Gasteiger partial charge in [0, 0.05) is 11.6 Å². The first-order chi connectivity index (χ1) is 15.1. The molecule has 12 nitrogen and oxygen atoms in total. The summed E-state index contributed by atoms with van der Waals surface area (Å²) >= 11 is 0. The Kier molecular flexibility index (Phi) is 7.20. The summed E-state index contributed by atoms with van der Waals surface area (Å²) in [5, 5.41) is 29.6. The van der Waals surface area contributed by atoms with E-state index in [9.17, 15) is 29.3 Å². The highest BCUT2D eigenvalue weighted by Gasteiger charge is 2.37. The van der Waals surface area contributed by atoms with Crippen molar-refractivity contribution < 1.29 is 33.9 Å². The Balaban J connectivity index is 2.63. The van der Waals surface area contributed by atoms with Crippen LogP contribution in [0.2, 0.25) is 0 Å². The summed E-state index contributed by atoms with van der Waals surface area (Å²) in [6, 6.07) is 8.10.